The molecule has 1 aromatic carbocycles. The van der Waals surface area contributed by atoms with Crippen molar-refractivity contribution in [3.05, 3.63) is 53.2 Å². The van der Waals surface area contributed by atoms with E-state index in [9.17, 15) is 9.90 Å². The monoisotopic (exact) mass is 496 g/mol. The lowest BCUT2D eigenvalue weighted by Crippen LogP contribution is -2.36. The molecule has 5 rings (SSSR count). The Morgan fingerprint density at radius 1 is 1.22 bits per heavy atom. The minimum atomic E-state index is -1.27. The number of nitrogens with zero attached hydrogens (tertiary/aromatic N) is 3. The number of pyridine rings is 1. The summed E-state index contributed by atoms with van der Waals surface area (Å²) in [5, 5.41) is 13.0. The fraction of sp³-hybridized carbons (Fsp3) is 0.571. The maximum absolute atomic E-state index is 15.8. The molecule has 1 aromatic heterocycles. The van der Waals surface area contributed by atoms with Gasteiger partial charge in [0.1, 0.15) is 11.5 Å². The summed E-state index contributed by atoms with van der Waals surface area (Å²) in [7, 11) is 0. The second-order valence-corrected chi connectivity index (χ2v) is 10.5. The van der Waals surface area contributed by atoms with Gasteiger partial charge in [0.15, 0.2) is 0 Å². The Labute approximate surface area is 212 Å². The van der Waals surface area contributed by atoms with Crippen molar-refractivity contribution in [2.45, 2.75) is 50.1 Å². The first-order valence-electron chi connectivity index (χ1n) is 13.3. The molecule has 194 valence electrons. The third-order valence-electron chi connectivity index (χ3n) is 7.78. The summed E-state index contributed by atoms with van der Waals surface area (Å²) >= 11 is 0. The number of ether oxygens (including phenoxy) is 1. The van der Waals surface area contributed by atoms with E-state index in [0.29, 0.717) is 52.1 Å². The number of aliphatic carboxylic acids is 1. The number of carbonyl (C=O) groups is 1. The van der Waals surface area contributed by atoms with Crippen LogP contribution >= 0.6 is 0 Å². The Kier molecular flexibility index (Phi) is 7.72. The molecular formula is C28H37FN4O3. The van der Waals surface area contributed by atoms with Gasteiger partial charge < -0.3 is 20.1 Å². The molecule has 2 N–H and O–H groups in total. The number of nitrogens with one attached hydrogen (secondary N) is 1. The first-order valence-corrected chi connectivity index (χ1v) is 13.3. The minimum Gasteiger partial charge on any atom is -0.481 e. The van der Waals surface area contributed by atoms with Crippen LogP contribution in [0.1, 0.15) is 48.4 Å². The van der Waals surface area contributed by atoms with Crippen molar-refractivity contribution >= 4 is 17.5 Å². The molecule has 0 aliphatic carbocycles. The number of carboxylic acid groups (broad SMARTS) is 1. The van der Waals surface area contributed by atoms with Gasteiger partial charge in [-0.1, -0.05) is 18.2 Å². The van der Waals surface area contributed by atoms with Gasteiger partial charge in [0, 0.05) is 56.6 Å². The van der Waals surface area contributed by atoms with Gasteiger partial charge >= 0.3 is 5.97 Å². The number of halogens is 1. The number of benzene rings is 1. The molecule has 0 spiro atoms. The van der Waals surface area contributed by atoms with Crippen molar-refractivity contribution in [2.75, 3.05) is 62.7 Å². The van der Waals surface area contributed by atoms with E-state index in [0.717, 1.165) is 55.2 Å². The summed E-state index contributed by atoms with van der Waals surface area (Å²) < 4.78 is 21.3. The van der Waals surface area contributed by atoms with Crippen LogP contribution in [0, 0.1) is 0 Å². The lowest BCUT2D eigenvalue weighted by atomic mass is 9.94. The fourth-order valence-electron chi connectivity index (χ4n) is 5.74. The van der Waals surface area contributed by atoms with Gasteiger partial charge in [-0.05, 0) is 61.4 Å². The van der Waals surface area contributed by atoms with Gasteiger partial charge in [-0.15, -0.1) is 0 Å². The molecule has 2 fully saturated rings. The maximum Gasteiger partial charge on any atom is 0.304 e. The second kappa shape index (κ2) is 11.1. The fourth-order valence-corrected chi connectivity index (χ4v) is 5.74. The van der Waals surface area contributed by atoms with E-state index >= 15 is 4.39 Å². The highest BCUT2D eigenvalue weighted by atomic mass is 19.1. The zero-order valence-electron chi connectivity index (χ0n) is 20.9. The third kappa shape index (κ3) is 6.16. The number of anilines is 2. The third-order valence-corrected chi connectivity index (χ3v) is 7.78. The predicted octanol–water partition coefficient (Wildman–Crippen LogP) is 3.88. The van der Waals surface area contributed by atoms with E-state index in [1.165, 1.54) is 5.56 Å². The summed E-state index contributed by atoms with van der Waals surface area (Å²) in [5.74, 6) is -0.0515. The molecule has 0 saturated carbocycles. The molecule has 2 aromatic rings. The molecule has 7 nitrogen and oxygen atoms in total. The number of rotatable bonds is 9. The zero-order chi connectivity index (χ0) is 25.0. The summed E-state index contributed by atoms with van der Waals surface area (Å²) in [6.07, 6.45) is 3.73. The maximum atomic E-state index is 15.8. The van der Waals surface area contributed by atoms with Crippen LogP contribution in [0.2, 0.25) is 0 Å². The summed E-state index contributed by atoms with van der Waals surface area (Å²) in [6, 6.07) is 12.3. The molecule has 2 atom stereocenters. The standard InChI is InChI=1S/C28H37FN4O3/c29-28(9-8-24-7-6-21-4-2-11-30-27(21)31-24)10-12-32(20-28)19-23(18-26(34)35)22-3-1-5-25(17-22)33-13-15-36-16-14-33/h1,3,5-7,17,23H,2,4,8-16,18-20H2,(H,30,31)(H,34,35)/t23-,28+/m1/s1. The van der Waals surface area contributed by atoms with Gasteiger partial charge in [0.2, 0.25) is 0 Å². The van der Waals surface area contributed by atoms with E-state index in [-0.39, 0.29) is 12.3 Å². The number of hydrogen-bond acceptors (Lipinski definition) is 6. The van der Waals surface area contributed by atoms with Gasteiger partial charge in [-0.3, -0.25) is 9.69 Å². The average molecular weight is 497 g/mol. The smallest absolute Gasteiger partial charge is 0.304 e. The van der Waals surface area contributed by atoms with Gasteiger partial charge in [-0.25, -0.2) is 9.37 Å². The lowest BCUT2D eigenvalue weighted by Gasteiger charge is -2.30. The molecule has 0 radical (unpaired) electrons. The first-order chi connectivity index (χ1) is 17.5. The van der Waals surface area contributed by atoms with Crippen molar-refractivity contribution in [3.63, 3.8) is 0 Å². The zero-order valence-corrected chi connectivity index (χ0v) is 20.9. The number of fused-ring (bicyclic) bond motifs is 1. The van der Waals surface area contributed by atoms with E-state index < -0.39 is 11.6 Å². The summed E-state index contributed by atoms with van der Waals surface area (Å²) in [4.78, 5) is 20.8. The van der Waals surface area contributed by atoms with Gasteiger partial charge in [0.05, 0.1) is 19.6 Å². The molecule has 4 heterocycles. The number of alkyl halides is 1. The highest BCUT2D eigenvalue weighted by Gasteiger charge is 2.39. The molecule has 36 heavy (non-hydrogen) atoms. The van der Waals surface area contributed by atoms with Crippen molar-refractivity contribution in [3.8, 4) is 0 Å². The Morgan fingerprint density at radius 2 is 2.08 bits per heavy atom. The van der Waals surface area contributed by atoms with Crippen LogP contribution in [0.4, 0.5) is 15.9 Å². The summed E-state index contributed by atoms with van der Waals surface area (Å²) in [5.41, 5.74) is 3.01. The van der Waals surface area contributed by atoms with E-state index in [4.69, 9.17) is 9.72 Å². The van der Waals surface area contributed by atoms with Crippen LogP contribution in [0.5, 0.6) is 0 Å². The topological polar surface area (TPSA) is 77.9 Å². The van der Waals surface area contributed by atoms with Gasteiger partial charge in [0.25, 0.3) is 0 Å². The number of hydrogen-bond donors (Lipinski definition) is 2. The highest BCUT2D eigenvalue weighted by Crippen LogP contribution is 2.34. The SMILES string of the molecule is O=C(O)C[C@H](CN1CC[C@@](F)(CCc2ccc3c(n2)NCCC3)C1)c1cccc(N2CCOCC2)c1. The lowest BCUT2D eigenvalue weighted by molar-refractivity contribution is -0.137. The Hall–Kier alpha value is -2.71. The molecule has 3 aliphatic rings. The van der Waals surface area contributed by atoms with E-state index in [1.807, 2.05) is 18.2 Å². The largest absolute Gasteiger partial charge is 0.481 e. The number of carboxylic acids is 1. The van der Waals surface area contributed by atoms with Crippen molar-refractivity contribution in [1.82, 2.24) is 9.88 Å². The molecule has 2 saturated heterocycles. The number of morpholine rings is 1. The van der Waals surface area contributed by atoms with E-state index in [2.05, 4.69) is 33.3 Å². The highest BCUT2D eigenvalue weighted by molar-refractivity contribution is 5.68. The van der Waals surface area contributed by atoms with Crippen LogP contribution in [0.3, 0.4) is 0 Å². The number of aromatic nitrogens is 1. The molecule has 0 unspecified atom stereocenters. The molecule has 0 bridgehead atoms. The van der Waals surface area contributed by atoms with Crippen LogP contribution in [0.25, 0.3) is 0 Å². The predicted molar refractivity (Wildman–Crippen MR) is 139 cm³/mol. The van der Waals surface area contributed by atoms with Crippen LogP contribution < -0.4 is 10.2 Å². The normalized spacial score (nSPS) is 23.2. The molecule has 8 heteroatoms. The van der Waals surface area contributed by atoms with E-state index in [1.54, 1.807) is 0 Å². The van der Waals surface area contributed by atoms with Crippen LogP contribution in [-0.2, 0) is 22.4 Å². The Morgan fingerprint density at radius 3 is 2.92 bits per heavy atom. The number of likely N-dealkylation sites (tertiary alicyclic amines) is 1. The molecule has 3 aliphatic heterocycles. The van der Waals surface area contributed by atoms with Gasteiger partial charge in [-0.2, -0.15) is 0 Å². The van der Waals surface area contributed by atoms with Crippen molar-refractivity contribution in [2.24, 2.45) is 0 Å². The first kappa shape index (κ1) is 25.0. The van der Waals surface area contributed by atoms with Crippen LogP contribution in [-0.4, -0.2) is 79.1 Å². The second-order valence-electron chi connectivity index (χ2n) is 10.5. The molecular weight excluding hydrogens is 459 g/mol. The van der Waals surface area contributed by atoms with Crippen molar-refractivity contribution < 1.29 is 19.0 Å². The summed E-state index contributed by atoms with van der Waals surface area (Å²) in [6.45, 7) is 5.55. The number of aryl methyl sites for hydroxylation is 2. The Balaban J connectivity index is 1.21. The van der Waals surface area contributed by atoms with Crippen molar-refractivity contribution in [1.29, 1.82) is 0 Å². The van der Waals surface area contributed by atoms with Crippen LogP contribution in [0.15, 0.2) is 36.4 Å². The quantitative estimate of drug-likeness (QED) is 0.546. The Bertz CT molecular complexity index is 1060. The molecule has 0 amide bonds. The minimum absolute atomic E-state index is 0.0361. The average Bonchev–Trinajstić information content (AvgIpc) is 3.28.